The molecule has 3 amide bonds. The summed E-state index contributed by atoms with van der Waals surface area (Å²) in [6.07, 6.45) is -0.0676. The van der Waals surface area contributed by atoms with Crippen LogP contribution < -0.4 is 20.9 Å². The minimum Gasteiger partial charge on any atom is -0.484 e. The lowest BCUT2D eigenvalue weighted by molar-refractivity contribution is -0.130. The van der Waals surface area contributed by atoms with Crippen LogP contribution in [-0.4, -0.2) is 24.3 Å². The van der Waals surface area contributed by atoms with Crippen LogP contribution in [0.5, 0.6) is 5.75 Å². The zero-order valence-corrected chi connectivity index (χ0v) is 18.3. The van der Waals surface area contributed by atoms with Crippen molar-refractivity contribution in [2.75, 3.05) is 11.9 Å². The summed E-state index contributed by atoms with van der Waals surface area (Å²) in [6, 6.07) is 9.06. The lowest BCUT2D eigenvalue weighted by Crippen LogP contribution is -2.44. The number of amides is 3. The van der Waals surface area contributed by atoms with Crippen molar-refractivity contribution < 1.29 is 19.1 Å². The highest BCUT2D eigenvalue weighted by molar-refractivity contribution is 6.32. The maximum Gasteiger partial charge on any atom is 0.276 e. The summed E-state index contributed by atoms with van der Waals surface area (Å²) in [5.41, 5.74) is 9.10. The van der Waals surface area contributed by atoms with Gasteiger partial charge in [-0.3, -0.25) is 25.2 Å². The second-order valence-electron chi connectivity index (χ2n) is 7.10. The smallest absolute Gasteiger partial charge is 0.276 e. The van der Waals surface area contributed by atoms with Crippen molar-refractivity contribution in [2.24, 2.45) is 0 Å². The third kappa shape index (κ3) is 7.08. The van der Waals surface area contributed by atoms with Gasteiger partial charge in [-0.05, 0) is 74.2 Å². The first kappa shape index (κ1) is 23.2. The van der Waals surface area contributed by atoms with Gasteiger partial charge in [-0.25, -0.2) is 0 Å². The third-order valence-electron chi connectivity index (χ3n) is 4.49. The van der Waals surface area contributed by atoms with Crippen LogP contribution in [0.25, 0.3) is 0 Å². The highest BCUT2D eigenvalue weighted by Gasteiger charge is 2.10. The van der Waals surface area contributed by atoms with Crippen LogP contribution >= 0.6 is 11.6 Å². The molecule has 0 radical (unpaired) electrons. The first-order valence-electron chi connectivity index (χ1n) is 9.50. The van der Waals surface area contributed by atoms with Crippen LogP contribution in [0.2, 0.25) is 5.02 Å². The molecule has 0 saturated carbocycles. The van der Waals surface area contributed by atoms with Gasteiger partial charge in [-0.2, -0.15) is 0 Å². The van der Waals surface area contributed by atoms with Gasteiger partial charge in [0.25, 0.3) is 5.91 Å². The monoisotopic (exact) mass is 431 g/mol. The van der Waals surface area contributed by atoms with Crippen molar-refractivity contribution in [3.8, 4) is 5.75 Å². The molecule has 30 heavy (non-hydrogen) atoms. The van der Waals surface area contributed by atoms with E-state index in [-0.39, 0.29) is 25.4 Å². The summed E-state index contributed by atoms with van der Waals surface area (Å²) in [4.78, 5) is 35.7. The molecule has 0 heterocycles. The molecule has 3 N–H and O–H groups in total. The van der Waals surface area contributed by atoms with E-state index in [2.05, 4.69) is 16.2 Å². The highest BCUT2D eigenvalue weighted by Crippen LogP contribution is 2.25. The number of anilines is 1. The predicted octanol–water partition coefficient (Wildman–Crippen LogP) is 3.52. The quantitative estimate of drug-likeness (QED) is 0.584. The van der Waals surface area contributed by atoms with Crippen LogP contribution in [0, 0.1) is 27.7 Å². The lowest BCUT2D eigenvalue weighted by atomic mass is 10.1. The topological polar surface area (TPSA) is 96.5 Å². The predicted molar refractivity (Wildman–Crippen MR) is 116 cm³/mol. The normalized spacial score (nSPS) is 10.3. The molecule has 0 aliphatic carbocycles. The molecule has 160 valence electrons. The van der Waals surface area contributed by atoms with Gasteiger partial charge in [0.1, 0.15) is 5.75 Å². The molecular weight excluding hydrogens is 406 g/mol. The summed E-state index contributed by atoms with van der Waals surface area (Å²) >= 11 is 6.10. The van der Waals surface area contributed by atoms with Gasteiger partial charge < -0.3 is 10.1 Å². The fraction of sp³-hybridized carbons (Fsp3) is 0.318. The Labute approximate surface area is 181 Å². The third-order valence-corrected chi connectivity index (χ3v) is 5.09. The van der Waals surface area contributed by atoms with E-state index in [0.717, 1.165) is 22.3 Å². The summed E-state index contributed by atoms with van der Waals surface area (Å²) in [5.74, 6) is -0.764. The van der Waals surface area contributed by atoms with E-state index in [1.54, 1.807) is 12.1 Å². The van der Waals surface area contributed by atoms with Crippen LogP contribution in [0.4, 0.5) is 5.69 Å². The first-order chi connectivity index (χ1) is 14.2. The molecule has 0 unspecified atom stereocenters. The van der Waals surface area contributed by atoms with Gasteiger partial charge in [0.2, 0.25) is 11.8 Å². The summed E-state index contributed by atoms with van der Waals surface area (Å²) in [6.45, 7) is 7.37. The van der Waals surface area contributed by atoms with Crippen molar-refractivity contribution in [2.45, 2.75) is 40.5 Å². The summed E-state index contributed by atoms with van der Waals surface area (Å²) in [7, 11) is 0. The summed E-state index contributed by atoms with van der Waals surface area (Å²) < 4.78 is 5.41. The molecule has 0 spiro atoms. The van der Waals surface area contributed by atoms with E-state index in [1.165, 1.54) is 0 Å². The highest BCUT2D eigenvalue weighted by atomic mass is 35.5. The number of benzene rings is 2. The number of nitrogens with one attached hydrogen (secondary N) is 3. The van der Waals surface area contributed by atoms with E-state index >= 15 is 0 Å². The number of carbonyl (C=O) groups is 3. The van der Waals surface area contributed by atoms with Crippen molar-refractivity contribution >= 4 is 35.0 Å². The number of hydrogen-bond donors (Lipinski definition) is 3. The lowest BCUT2D eigenvalue weighted by Gasteiger charge is -2.11. The molecule has 0 aliphatic heterocycles. The van der Waals surface area contributed by atoms with Gasteiger partial charge >= 0.3 is 0 Å². The molecule has 0 atom stereocenters. The van der Waals surface area contributed by atoms with E-state index in [0.29, 0.717) is 16.5 Å². The maximum absolute atomic E-state index is 12.0. The van der Waals surface area contributed by atoms with E-state index in [1.807, 2.05) is 45.9 Å². The molecule has 2 rings (SSSR count). The average molecular weight is 432 g/mol. The molecular formula is C22H26ClN3O4. The zero-order valence-electron chi connectivity index (χ0n) is 17.5. The minimum absolute atomic E-state index is 0.00550. The van der Waals surface area contributed by atoms with E-state index < -0.39 is 11.8 Å². The number of ether oxygens (including phenoxy) is 1. The first-order valence-corrected chi connectivity index (χ1v) is 9.88. The standard InChI is InChI=1S/C22H26ClN3O4/c1-13-5-6-17(9-14(13)2)24-19(27)7-8-20(28)25-26-21(29)12-30-18-10-15(3)22(23)16(4)11-18/h5-6,9-11H,7-8,12H2,1-4H3,(H,24,27)(H,25,28)(H,26,29). The van der Waals surface area contributed by atoms with Crippen LogP contribution in [0.15, 0.2) is 30.3 Å². The Kier molecular flexibility index (Phi) is 8.24. The molecule has 2 aromatic rings. The Hall–Kier alpha value is -3.06. The molecule has 8 heteroatoms. The molecule has 0 bridgehead atoms. The zero-order chi connectivity index (χ0) is 22.3. The van der Waals surface area contributed by atoms with Crippen molar-refractivity contribution in [3.05, 3.63) is 57.6 Å². The number of halogens is 1. The Morgan fingerprint density at radius 3 is 2.03 bits per heavy atom. The maximum atomic E-state index is 12.0. The van der Waals surface area contributed by atoms with Crippen LogP contribution in [0.3, 0.4) is 0 Å². The van der Waals surface area contributed by atoms with Gasteiger partial charge in [-0.1, -0.05) is 17.7 Å². The number of carbonyl (C=O) groups excluding carboxylic acids is 3. The van der Waals surface area contributed by atoms with Crippen LogP contribution in [-0.2, 0) is 14.4 Å². The molecule has 0 fully saturated rings. The Morgan fingerprint density at radius 1 is 0.800 bits per heavy atom. The largest absolute Gasteiger partial charge is 0.484 e. The Balaban J connectivity index is 1.69. The van der Waals surface area contributed by atoms with Gasteiger partial charge in [0, 0.05) is 23.6 Å². The van der Waals surface area contributed by atoms with E-state index in [9.17, 15) is 14.4 Å². The number of aryl methyl sites for hydroxylation is 4. The number of rotatable bonds is 7. The van der Waals surface area contributed by atoms with Crippen molar-refractivity contribution in [1.29, 1.82) is 0 Å². The molecule has 0 aliphatic rings. The van der Waals surface area contributed by atoms with Crippen LogP contribution in [0.1, 0.15) is 35.1 Å². The van der Waals surface area contributed by atoms with Gasteiger partial charge in [0.15, 0.2) is 6.61 Å². The van der Waals surface area contributed by atoms with Gasteiger partial charge in [0.05, 0.1) is 0 Å². The van der Waals surface area contributed by atoms with Crippen molar-refractivity contribution in [1.82, 2.24) is 10.9 Å². The molecule has 7 nitrogen and oxygen atoms in total. The minimum atomic E-state index is -0.520. The fourth-order valence-corrected chi connectivity index (χ4v) is 2.76. The molecule has 2 aromatic carbocycles. The summed E-state index contributed by atoms with van der Waals surface area (Å²) in [5, 5.41) is 3.40. The molecule has 0 saturated heterocycles. The second kappa shape index (κ2) is 10.6. The second-order valence-corrected chi connectivity index (χ2v) is 7.48. The molecule has 0 aromatic heterocycles. The number of hydrazine groups is 1. The van der Waals surface area contributed by atoms with Gasteiger partial charge in [-0.15, -0.1) is 0 Å². The SMILES string of the molecule is Cc1ccc(NC(=O)CCC(=O)NNC(=O)COc2cc(C)c(Cl)c(C)c2)cc1C. The fourth-order valence-electron chi connectivity index (χ4n) is 2.65. The van der Waals surface area contributed by atoms with E-state index in [4.69, 9.17) is 16.3 Å². The Bertz CT molecular complexity index is 936. The average Bonchev–Trinajstić information content (AvgIpc) is 2.70. The Morgan fingerprint density at radius 2 is 1.40 bits per heavy atom. The van der Waals surface area contributed by atoms with Crippen molar-refractivity contribution in [3.63, 3.8) is 0 Å². The number of hydrogen-bond acceptors (Lipinski definition) is 4.